The topological polar surface area (TPSA) is 83.5 Å². The maximum absolute atomic E-state index is 11.8. The molecule has 0 saturated carbocycles. The SMILES string of the molecule is CCOC(=O)N1CCN(c2cnnc(Nc3ccc(CC)cc3)n2)CC1. The molecule has 1 aromatic heterocycles. The van der Waals surface area contributed by atoms with Crippen LogP contribution in [0.1, 0.15) is 19.4 Å². The number of nitrogens with zero attached hydrogens (tertiary/aromatic N) is 5. The Balaban J connectivity index is 1.61. The molecular weight excluding hydrogens is 332 g/mol. The zero-order valence-corrected chi connectivity index (χ0v) is 15.2. The average Bonchev–Trinajstić information content (AvgIpc) is 2.69. The van der Waals surface area contributed by atoms with Crippen LogP contribution in [0.15, 0.2) is 30.5 Å². The van der Waals surface area contributed by atoms with Crippen molar-refractivity contribution in [2.45, 2.75) is 20.3 Å². The maximum atomic E-state index is 11.8. The van der Waals surface area contributed by atoms with Crippen LogP contribution >= 0.6 is 0 Å². The highest BCUT2D eigenvalue weighted by molar-refractivity contribution is 5.68. The van der Waals surface area contributed by atoms with Crippen LogP contribution in [-0.2, 0) is 11.2 Å². The van der Waals surface area contributed by atoms with E-state index in [0.717, 1.165) is 17.9 Å². The van der Waals surface area contributed by atoms with Crippen LogP contribution in [0, 0.1) is 0 Å². The van der Waals surface area contributed by atoms with Gasteiger partial charge in [0.05, 0.1) is 12.8 Å². The van der Waals surface area contributed by atoms with Gasteiger partial charge in [-0.25, -0.2) is 4.79 Å². The third kappa shape index (κ3) is 4.38. The zero-order valence-electron chi connectivity index (χ0n) is 15.2. The van der Waals surface area contributed by atoms with Gasteiger partial charge in [-0.15, -0.1) is 5.10 Å². The molecule has 0 aliphatic carbocycles. The molecule has 1 saturated heterocycles. The molecule has 26 heavy (non-hydrogen) atoms. The van der Waals surface area contributed by atoms with Crippen molar-refractivity contribution in [2.24, 2.45) is 0 Å². The van der Waals surface area contributed by atoms with E-state index in [1.807, 2.05) is 19.1 Å². The second kappa shape index (κ2) is 8.46. The van der Waals surface area contributed by atoms with Crippen LogP contribution in [-0.4, -0.2) is 59.0 Å². The van der Waals surface area contributed by atoms with Crippen molar-refractivity contribution >= 4 is 23.5 Å². The van der Waals surface area contributed by atoms with E-state index in [-0.39, 0.29) is 6.09 Å². The Kier molecular flexibility index (Phi) is 5.83. The summed E-state index contributed by atoms with van der Waals surface area (Å²) in [5.74, 6) is 1.20. The van der Waals surface area contributed by atoms with Crippen LogP contribution in [0.3, 0.4) is 0 Å². The lowest BCUT2D eigenvalue weighted by atomic mass is 10.1. The molecule has 1 aliphatic heterocycles. The fraction of sp³-hybridized carbons (Fsp3) is 0.444. The van der Waals surface area contributed by atoms with Crippen molar-refractivity contribution in [2.75, 3.05) is 43.0 Å². The molecule has 8 nitrogen and oxygen atoms in total. The van der Waals surface area contributed by atoms with Crippen molar-refractivity contribution in [3.63, 3.8) is 0 Å². The number of aromatic nitrogens is 3. The van der Waals surface area contributed by atoms with Crippen molar-refractivity contribution in [3.05, 3.63) is 36.0 Å². The van der Waals surface area contributed by atoms with E-state index in [1.165, 1.54) is 5.56 Å². The van der Waals surface area contributed by atoms with Gasteiger partial charge < -0.3 is 19.9 Å². The van der Waals surface area contributed by atoms with Gasteiger partial charge in [-0.05, 0) is 31.0 Å². The first kappa shape index (κ1) is 17.9. The number of benzene rings is 1. The number of aryl methyl sites for hydroxylation is 1. The fourth-order valence-corrected chi connectivity index (χ4v) is 2.79. The van der Waals surface area contributed by atoms with Crippen molar-refractivity contribution < 1.29 is 9.53 Å². The van der Waals surface area contributed by atoms with Gasteiger partial charge in [0.1, 0.15) is 0 Å². The molecular formula is C18H24N6O2. The summed E-state index contributed by atoms with van der Waals surface area (Å²) in [6.07, 6.45) is 2.39. The lowest BCUT2D eigenvalue weighted by Crippen LogP contribution is -2.49. The average molecular weight is 356 g/mol. The van der Waals surface area contributed by atoms with Crippen LogP contribution in [0.2, 0.25) is 0 Å². The Labute approximate surface area is 153 Å². The normalized spacial score (nSPS) is 14.2. The van der Waals surface area contributed by atoms with Gasteiger partial charge in [0, 0.05) is 31.9 Å². The van der Waals surface area contributed by atoms with Crippen molar-refractivity contribution in [1.29, 1.82) is 0 Å². The van der Waals surface area contributed by atoms with Crippen molar-refractivity contribution in [3.8, 4) is 0 Å². The summed E-state index contributed by atoms with van der Waals surface area (Å²) in [6, 6.07) is 8.17. The quantitative estimate of drug-likeness (QED) is 0.881. The van der Waals surface area contributed by atoms with Gasteiger partial charge in [0.25, 0.3) is 0 Å². The molecule has 1 aliphatic rings. The molecule has 0 bridgehead atoms. The first-order valence-corrected chi connectivity index (χ1v) is 8.92. The standard InChI is InChI=1S/C18H24N6O2/c1-3-14-5-7-15(8-6-14)20-17-21-16(13-19-22-17)23-9-11-24(12-10-23)18(25)26-4-2/h5-8,13H,3-4,9-12H2,1-2H3,(H,20,21,22). The Bertz CT molecular complexity index is 729. The van der Waals surface area contributed by atoms with Crippen molar-refractivity contribution in [1.82, 2.24) is 20.1 Å². The number of anilines is 3. The third-order valence-corrected chi connectivity index (χ3v) is 4.29. The molecule has 1 aromatic carbocycles. The molecule has 8 heteroatoms. The molecule has 0 atom stereocenters. The third-order valence-electron chi connectivity index (χ3n) is 4.29. The predicted molar refractivity (Wildman–Crippen MR) is 99.7 cm³/mol. The molecule has 2 aromatic rings. The van der Waals surface area contributed by atoms with E-state index in [0.29, 0.717) is 38.7 Å². The number of carbonyl (C=O) groups is 1. The molecule has 2 heterocycles. The minimum atomic E-state index is -0.258. The zero-order chi connectivity index (χ0) is 18.4. The second-order valence-corrected chi connectivity index (χ2v) is 5.99. The van der Waals surface area contributed by atoms with Gasteiger partial charge in [0.15, 0.2) is 5.82 Å². The summed E-state index contributed by atoms with van der Waals surface area (Å²) in [7, 11) is 0. The second-order valence-electron chi connectivity index (χ2n) is 5.99. The Morgan fingerprint density at radius 3 is 2.54 bits per heavy atom. The number of hydrogen-bond acceptors (Lipinski definition) is 7. The van der Waals surface area contributed by atoms with Crippen LogP contribution in [0.25, 0.3) is 0 Å². The number of carbonyl (C=O) groups excluding carboxylic acids is 1. The van der Waals surface area contributed by atoms with Gasteiger partial charge in [-0.3, -0.25) is 0 Å². The molecule has 0 spiro atoms. The number of ether oxygens (including phenoxy) is 1. The summed E-state index contributed by atoms with van der Waals surface area (Å²) in [4.78, 5) is 20.1. The monoisotopic (exact) mass is 356 g/mol. The Morgan fingerprint density at radius 1 is 1.15 bits per heavy atom. The first-order chi connectivity index (χ1) is 12.7. The predicted octanol–water partition coefficient (Wildman–Crippen LogP) is 2.46. The Hall–Kier alpha value is -2.90. The fourth-order valence-electron chi connectivity index (χ4n) is 2.79. The summed E-state index contributed by atoms with van der Waals surface area (Å²) >= 11 is 0. The van der Waals surface area contributed by atoms with E-state index < -0.39 is 0 Å². The highest BCUT2D eigenvalue weighted by atomic mass is 16.6. The summed E-state index contributed by atoms with van der Waals surface area (Å²) in [5.41, 5.74) is 2.20. The van der Waals surface area contributed by atoms with Crippen LogP contribution < -0.4 is 10.2 Å². The summed E-state index contributed by atoms with van der Waals surface area (Å²) in [6.45, 7) is 6.90. The number of hydrogen-bond donors (Lipinski definition) is 1. The first-order valence-electron chi connectivity index (χ1n) is 8.92. The van der Waals surface area contributed by atoms with E-state index in [2.05, 4.69) is 44.5 Å². The number of piperazine rings is 1. The lowest BCUT2D eigenvalue weighted by molar-refractivity contribution is 0.105. The van der Waals surface area contributed by atoms with E-state index in [9.17, 15) is 4.79 Å². The molecule has 0 unspecified atom stereocenters. The number of nitrogens with one attached hydrogen (secondary N) is 1. The van der Waals surface area contributed by atoms with E-state index in [4.69, 9.17) is 4.74 Å². The Morgan fingerprint density at radius 2 is 1.88 bits per heavy atom. The lowest BCUT2D eigenvalue weighted by Gasteiger charge is -2.34. The minimum Gasteiger partial charge on any atom is -0.450 e. The maximum Gasteiger partial charge on any atom is 0.409 e. The van der Waals surface area contributed by atoms with Gasteiger partial charge >= 0.3 is 6.09 Å². The molecule has 1 amide bonds. The van der Waals surface area contributed by atoms with E-state index in [1.54, 1.807) is 11.1 Å². The summed E-state index contributed by atoms with van der Waals surface area (Å²) in [5, 5.41) is 11.3. The number of amides is 1. The molecule has 138 valence electrons. The smallest absolute Gasteiger partial charge is 0.409 e. The van der Waals surface area contributed by atoms with Gasteiger partial charge in [0.2, 0.25) is 5.95 Å². The molecule has 1 N–H and O–H groups in total. The van der Waals surface area contributed by atoms with Gasteiger partial charge in [-0.2, -0.15) is 10.1 Å². The largest absolute Gasteiger partial charge is 0.450 e. The molecule has 3 rings (SSSR count). The van der Waals surface area contributed by atoms with Crippen LogP contribution in [0.4, 0.5) is 22.2 Å². The van der Waals surface area contributed by atoms with Crippen LogP contribution in [0.5, 0.6) is 0 Å². The number of rotatable bonds is 5. The molecule has 1 fully saturated rings. The highest BCUT2D eigenvalue weighted by Gasteiger charge is 2.23. The minimum absolute atomic E-state index is 0.258. The molecule has 0 radical (unpaired) electrons. The highest BCUT2D eigenvalue weighted by Crippen LogP contribution is 2.17. The summed E-state index contributed by atoms with van der Waals surface area (Å²) < 4.78 is 5.04. The van der Waals surface area contributed by atoms with Gasteiger partial charge in [-0.1, -0.05) is 19.1 Å². The van der Waals surface area contributed by atoms with E-state index >= 15 is 0 Å².